The molecule has 6 heteroatoms. The smallest absolute Gasteiger partial charge is 0.341 e. The Morgan fingerprint density at radius 3 is 2.60 bits per heavy atom. The normalized spacial score (nSPS) is 16.2. The van der Waals surface area contributed by atoms with Gasteiger partial charge in [0.25, 0.3) is 5.91 Å². The molecule has 2 aliphatic rings. The number of fused-ring (bicyclic) bond motifs is 2. The number of hydrogen-bond donors (Lipinski definition) is 1. The van der Waals surface area contributed by atoms with E-state index in [0.29, 0.717) is 17.2 Å². The second-order valence-corrected chi connectivity index (χ2v) is 9.13. The van der Waals surface area contributed by atoms with Crippen molar-refractivity contribution in [2.45, 2.75) is 71.3 Å². The summed E-state index contributed by atoms with van der Waals surface area (Å²) >= 11 is 1.50. The maximum atomic E-state index is 12.9. The fraction of sp³-hybridized carbons (Fsp3) is 0.500. The molecule has 0 bridgehead atoms. The Morgan fingerprint density at radius 2 is 1.80 bits per heavy atom. The fourth-order valence-electron chi connectivity index (χ4n) is 4.33. The van der Waals surface area contributed by atoms with E-state index in [2.05, 4.69) is 17.4 Å². The number of carbonyl (C=O) groups is 2. The molecule has 0 saturated heterocycles. The molecular weight excluding hydrogens is 398 g/mol. The number of thiophene rings is 1. The van der Waals surface area contributed by atoms with Gasteiger partial charge in [-0.25, -0.2) is 4.79 Å². The van der Waals surface area contributed by atoms with Crippen LogP contribution in [-0.4, -0.2) is 24.6 Å². The van der Waals surface area contributed by atoms with E-state index in [1.165, 1.54) is 40.2 Å². The third-order valence-electron chi connectivity index (χ3n) is 5.89. The van der Waals surface area contributed by atoms with Crippen LogP contribution in [0.4, 0.5) is 5.00 Å². The Hall–Kier alpha value is -2.34. The van der Waals surface area contributed by atoms with E-state index in [1.807, 2.05) is 6.07 Å². The number of hydrogen-bond acceptors (Lipinski definition) is 5. The molecule has 0 radical (unpaired) electrons. The van der Waals surface area contributed by atoms with Crippen molar-refractivity contribution < 1.29 is 19.1 Å². The highest BCUT2D eigenvalue weighted by molar-refractivity contribution is 7.17. The number of carbonyl (C=O) groups excluding carboxylic acids is 2. The highest BCUT2D eigenvalue weighted by Gasteiger charge is 2.28. The second-order valence-electron chi connectivity index (χ2n) is 8.02. The number of nitrogens with one attached hydrogen (secondary N) is 1. The van der Waals surface area contributed by atoms with E-state index in [1.54, 1.807) is 13.8 Å². The standard InChI is InChI=1S/C24H29NO4S/c1-3-28-24(27)21-19-10-6-7-11-20(19)30-23(21)25-22(26)15(2)29-18-13-12-16-8-4-5-9-17(16)14-18/h12-15H,3-11H2,1-2H3,(H,25,26)/t15-/m0/s1. The summed E-state index contributed by atoms with van der Waals surface area (Å²) in [5.74, 6) is 0.113. The highest BCUT2D eigenvalue weighted by Crippen LogP contribution is 2.38. The van der Waals surface area contributed by atoms with Gasteiger partial charge < -0.3 is 14.8 Å². The largest absolute Gasteiger partial charge is 0.481 e. The van der Waals surface area contributed by atoms with Gasteiger partial charge in [0.1, 0.15) is 10.8 Å². The molecule has 1 aromatic carbocycles. The van der Waals surface area contributed by atoms with Crippen LogP contribution in [0.3, 0.4) is 0 Å². The minimum atomic E-state index is -0.666. The predicted molar refractivity (Wildman–Crippen MR) is 119 cm³/mol. The summed E-state index contributed by atoms with van der Waals surface area (Å²) < 4.78 is 11.2. The number of esters is 1. The monoisotopic (exact) mass is 427 g/mol. The van der Waals surface area contributed by atoms with Crippen molar-refractivity contribution in [3.05, 3.63) is 45.3 Å². The molecule has 2 aliphatic carbocycles. The zero-order valence-electron chi connectivity index (χ0n) is 17.7. The molecule has 2 aromatic rings. The third kappa shape index (κ3) is 4.38. The fourth-order valence-corrected chi connectivity index (χ4v) is 5.61. The van der Waals surface area contributed by atoms with Crippen LogP contribution in [-0.2, 0) is 35.2 Å². The summed E-state index contributed by atoms with van der Waals surface area (Å²) in [6.45, 7) is 3.85. The molecule has 30 heavy (non-hydrogen) atoms. The van der Waals surface area contributed by atoms with E-state index in [-0.39, 0.29) is 11.9 Å². The summed E-state index contributed by atoms with van der Waals surface area (Å²) in [6, 6.07) is 6.12. The van der Waals surface area contributed by atoms with Crippen LogP contribution >= 0.6 is 11.3 Å². The van der Waals surface area contributed by atoms with Crippen LogP contribution in [0, 0.1) is 0 Å². The van der Waals surface area contributed by atoms with Crippen LogP contribution in [0.2, 0.25) is 0 Å². The van der Waals surface area contributed by atoms with E-state index in [0.717, 1.165) is 49.8 Å². The van der Waals surface area contributed by atoms with Gasteiger partial charge in [-0.3, -0.25) is 4.79 Å². The Kier molecular flexibility index (Phi) is 6.42. The van der Waals surface area contributed by atoms with Crippen LogP contribution in [0.15, 0.2) is 18.2 Å². The number of rotatable bonds is 6. The first-order valence-corrected chi connectivity index (χ1v) is 11.8. The number of anilines is 1. The maximum Gasteiger partial charge on any atom is 0.341 e. The molecule has 0 fully saturated rings. The summed E-state index contributed by atoms with van der Waals surface area (Å²) in [4.78, 5) is 26.6. The Labute approximate surface area is 181 Å². The Balaban J connectivity index is 1.49. The topological polar surface area (TPSA) is 64.6 Å². The summed E-state index contributed by atoms with van der Waals surface area (Å²) in [6.07, 6.45) is 7.93. The van der Waals surface area contributed by atoms with E-state index >= 15 is 0 Å². The predicted octanol–water partition coefficient (Wildman–Crippen LogP) is 5.09. The minimum Gasteiger partial charge on any atom is -0.481 e. The van der Waals surface area contributed by atoms with Gasteiger partial charge in [0.05, 0.1) is 12.2 Å². The molecule has 1 atom stereocenters. The van der Waals surface area contributed by atoms with Crippen molar-refractivity contribution in [3.63, 3.8) is 0 Å². The minimum absolute atomic E-state index is 0.253. The molecule has 1 N–H and O–H groups in total. The van der Waals surface area contributed by atoms with Crippen LogP contribution < -0.4 is 10.1 Å². The van der Waals surface area contributed by atoms with Crippen molar-refractivity contribution in [1.29, 1.82) is 0 Å². The summed E-state index contributed by atoms with van der Waals surface area (Å²) in [5.41, 5.74) is 4.28. The lowest BCUT2D eigenvalue weighted by Crippen LogP contribution is -2.30. The molecule has 5 nitrogen and oxygen atoms in total. The zero-order chi connectivity index (χ0) is 21.1. The van der Waals surface area contributed by atoms with Crippen molar-refractivity contribution in [2.75, 3.05) is 11.9 Å². The SMILES string of the molecule is CCOC(=O)c1c(NC(=O)[C@H](C)Oc2ccc3c(c2)CCCC3)sc2c1CCCC2. The summed E-state index contributed by atoms with van der Waals surface area (Å²) in [5, 5.41) is 3.53. The van der Waals surface area contributed by atoms with E-state index < -0.39 is 6.10 Å². The number of amides is 1. The number of aryl methyl sites for hydroxylation is 3. The van der Waals surface area contributed by atoms with Gasteiger partial charge in [0, 0.05) is 4.88 Å². The van der Waals surface area contributed by atoms with Gasteiger partial charge in [-0.15, -0.1) is 11.3 Å². The van der Waals surface area contributed by atoms with Crippen LogP contribution in [0.5, 0.6) is 5.75 Å². The van der Waals surface area contributed by atoms with Gasteiger partial charge in [0.15, 0.2) is 6.10 Å². The van der Waals surface area contributed by atoms with Crippen molar-refractivity contribution >= 4 is 28.2 Å². The molecule has 1 amide bonds. The first-order chi connectivity index (χ1) is 14.6. The highest BCUT2D eigenvalue weighted by atomic mass is 32.1. The first kappa shape index (κ1) is 20.9. The molecular formula is C24H29NO4S. The molecule has 0 spiro atoms. The molecule has 1 aromatic heterocycles. The number of ether oxygens (including phenoxy) is 2. The van der Waals surface area contributed by atoms with Gasteiger partial charge in [-0.1, -0.05) is 6.07 Å². The van der Waals surface area contributed by atoms with Gasteiger partial charge >= 0.3 is 5.97 Å². The third-order valence-corrected chi connectivity index (χ3v) is 7.10. The molecule has 0 unspecified atom stereocenters. The molecule has 4 rings (SSSR count). The quantitative estimate of drug-likeness (QED) is 0.652. The van der Waals surface area contributed by atoms with Crippen molar-refractivity contribution in [1.82, 2.24) is 0 Å². The van der Waals surface area contributed by atoms with Crippen LogP contribution in [0.1, 0.15) is 71.5 Å². The average molecular weight is 428 g/mol. The van der Waals surface area contributed by atoms with Gasteiger partial charge in [0.2, 0.25) is 0 Å². The van der Waals surface area contributed by atoms with Crippen LogP contribution in [0.25, 0.3) is 0 Å². The Morgan fingerprint density at radius 1 is 1.07 bits per heavy atom. The lowest BCUT2D eigenvalue weighted by Gasteiger charge is -2.19. The Bertz CT molecular complexity index is 949. The number of benzene rings is 1. The molecule has 1 heterocycles. The summed E-state index contributed by atoms with van der Waals surface area (Å²) in [7, 11) is 0. The molecule has 0 saturated carbocycles. The first-order valence-electron chi connectivity index (χ1n) is 11.0. The molecule has 0 aliphatic heterocycles. The maximum absolute atomic E-state index is 12.9. The lowest BCUT2D eigenvalue weighted by molar-refractivity contribution is -0.122. The van der Waals surface area contributed by atoms with Gasteiger partial charge in [-0.2, -0.15) is 0 Å². The van der Waals surface area contributed by atoms with Crippen molar-refractivity contribution in [3.8, 4) is 5.75 Å². The van der Waals surface area contributed by atoms with Gasteiger partial charge in [-0.05, 0) is 94.0 Å². The van der Waals surface area contributed by atoms with E-state index in [9.17, 15) is 9.59 Å². The zero-order valence-corrected chi connectivity index (χ0v) is 18.5. The van der Waals surface area contributed by atoms with E-state index in [4.69, 9.17) is 9.47 Å². The average Bonchev–Trinajstić information content (AvgIpc) is 3.11. The van der Waals surface area contributed by atoms with Crippen molar-refractivity contribution in [2.24, 2.45) is 0 Å². The molecule has 160 valence electrons. The lowest BCUT2D eigenvalue weighted by atomic mass is 9.92. The second kappa shape index (κ2) is 9.21.